The predicted molar refractivity (Wildman–Crippen MR) is 105 cm³/mol. The maximum atomic E-state index is 12.7. The van der Waals surface area contributed by atoms with Crippen LogP contribution in [0.4, 0.5) is 0 Å². The first-order valence-electron chi connectivity index (χ1n) is 8.71. The van der Waals surface area contributed by atoms with Crippen molar-refractivity contribution >= 4 is 27.8 Å². The van der Waals surface area contributed by atoms with Crippen molar-refractivity contribution in [2.45, 2.75) is 13.5 Å². The molecule has 27 heavy (non-hydrogen) atoms. The minimum absolute atomic E-state index is 0.162. The number of rotatable bonds is 4. The number of pyridine rings is 1. The summed E-state index contributed by atoms with van der Waals surface area (Å²) in [5.74, 6) is 1.39. The predicted octanol–water partition coefficient (Wildman–Crippen LogP) is 3.37. The summed E-state index contributed by atoms with van der Waals surface area (Å²) in [6.07, 6.45) is 0. The highest BCUT2D eigenvalue weighted by Gasteiger charge is 2.14. The number of nitrogens with one attached hydrogen (secondary N) is 1. The van der Waals surface area contributed by atoms with Gasteiger partial charge in [-0.15, -0.1) is 0 Å². The minimum Gasteiger partial charge on any atom is -0.497 e. The van der Waals surface area contributed by atoms with E-state index in [9.17, 15) is 4.79 Å². The fourth-order valence-electron chi connectivity index (χ4n) is 3.21. The Morgan fingerprint density at radius 3 is 2.70 bits per heavy atom. The molecule has 4 rings (SSSR count). The molecule has 0 saturated carbocycles. The number of methoxy groups -OCH3 is 1. The topological polar surface area (TPSA) is 69.0 Å². The highest BCUT2D eigenvalue weighted by Crippen LogP contribution is 2.22. The van der Waals surface area contributed by atoms with Gasteiger partial charge in [0.25, 0.3) is 5.91 Å². The number of nitrogens with zero attached hydrogens (tertiary/aromatic N) is 3. The lowest BCUT2D eigenvalue weighted by Crippen LogP contribution is -2.25. The average molecular weight is 360 g/mol. The van der Waals surface area contributed by atoms with Crippen LogP contribution in [0.2, 0.25) is 0 Å². The third-order valence-electron chi connectivity index (χ3n) is 4.75. The molecule has 0 bridgehead atoms. The Labute approximate surface area is 156 Å². The third kappa shape index (κ3) is 3.10. The molecule has 4 aromatic rings. The van der Waals surface area contributed by atoms with Gasteiger partial charge in [-0.25, -0.2) is 4.98 Å². The molecule has 0 aliphatic rings. The number of carbonyl (C=O) groups is 1. The number of fused-ring (bicyclic) bond motifs is 2. The van der Waals surface area contributed by atoms with Crippen molar-refractivity contribution < 1.29 is 9.53 Å². The SMILES string of the molecule is COc1ccc2cc(C(=O)NCc3nc4ccccc4n3C)c(C)nc2c1. The smallest absolute Gasteiger partial charge is 0.253 e. The molecule has 0 saturated heterocycles. The first kappa shape index (κ1) is 17.0. The van der Waals surface area contributed by atoms with Gasteiger partial charge in [0, 0.05) is 18.5 Å². The van der Waals surface area contributed by atoms with E-state index >= 15 is 0 Å². The van der Waals surface area contributed by atoms with Crippen molar-refractivity contribution in [2.24, 2.45) is 7.05 Å². The zero-order valence-electron chi connectivity index (χ0n) is 15.5. The Balaban J connectivity index is 1.58. The highest BCUT2D eigenvalue weighted by molar-refractivity contribution is 5.98. The molecule has 0 radical (unpaired) electrons. The number of imidazole rings is 1. The Kier molecular flexibility index (Phi) is 4.24. The van der Waals surface area contributed by atoms with Crippen LogP contribution in [-0.2, 0) is 13.6 Å². The number of carbonyl (C=O) groups excluding carboxylic acids is 1. The summed E-state index contributed by atoms with van der Waals surface area (Å²) in [4.78, 5) is 21.9. The number of aromatic nitrogens is 3. The van der Waals surface area contributed by atoms with E-state index in [0.29, 0.717) is 17.8 Å². The number of benzene rings is 2. The molecule has 6 heteroatoms. The molecule has 0 spiro atoms. The zero-order chi connectivity index (χ0) is 19.0. The fourth-order valence-corrected chi connectivity index (χ4v) is 3.21. The van der Waals surface area contributed by atoms with E-state index in [-0.39, 0.29) is 5.91 Å². The molecule has 0 aliphatic carbocycles. The summed E-state index contributed by atoms with van der Waals surface area (Å²) in [7, 11) is 3.57. The first-order valence-corrected chi connectivity index (χ1v) is 8.71. The van der Waals surface area contributed by atoms with Gasteiger partial charge >= 0.3 is 0 Å². The molecule has 1 amide bonds. The van der Waals surface area contributed by atoms with E-state index in [1.807, 2.05) is 67.1 Å². The van der Waals surface area contributed by atoms with Crippen LogP contribution < -0.4 is 10.1 Å². The van der Waals surface area contributed by atoms with Crippen molar-refractivity contribution in [3.63, 3.8) is 0 Å². The van der Waals surface area contributed by atoms with Gasteiger partial charge in [-0.3, -0.25) is 9.78 Å². The van der Waals surface area contributed by atoms with Crippen LogP contribution in [0.5, 0.6) is 5.75 Å². The zero-order valence-corrected chi connectivity index (χ0v) is 15.5. The maximum absolute atomic E-state index is 12.7. The Bertz CT molecular complexity index is 1160. The Morgan fingerprint density at radius 1 is 1.11 bits per heavy atom. The number of amides is 1. The lowest BCUT2D eigenvalue weighted by molar-refractivity contribution is 0.0949. The van der Waals surface area contributed by atoms with Crippen LogP contribution in [0.3, 0.4) is 0 Å². The molecule has 136 valence electrons. The lowest BCUT2D eigenvalue weighted by Gasteiger charge is -2.10. The second kappa shape index (κ2) is 6.72. The molecular weight excluding hydrogens is 340 g/mol. The summed E-state index contributed by atoms with van der Waals surface area (Å²) in [6.45, 7) is 2.19. The standard InChI is InChI=1S/C21H20N4O2/c1-13-16(10-14-8-9-15(27-3)11-18(14)23-13)21(26)22-12-20-24-17-6-4-5-7-19(17)25(20)2/h4-11H,12H2,1-3H3,(H,22,26). The van der Waals surface area contributed by atoms with E-state index < -0.39 is 0 Å². The summed E-state index contributed by atoms with van der Waals surface area (Å²) in [5.41, 5.74) is 4.00. The van der Waals surface area contributed by atoms with Crippen molar-refractivity contribution in [1.29, 1.82) is 0 Å². The van der Waals surface area contributed by atoms with Gasteiger partial charge < -0.3 is 14.6 Å². The highest BCUT2D eigenvalue weighted by atomic mass is 16.5. The number of para-hydroxylation sites is 2. The molecule has 0 unspecified atom stereocenters. The monoisotopic (exact) mass is 360 g/mol. The van der Waals surface area contributed by atoms with Crippen molar-refractivity contribution in [3.8, 4) is 5.75 Å². The van der Waals surface area contributed by atoms with E-state index in [1.54, 1.807) is 7.11 Å². The van der Waals surface area contributed by atoms with Crippen LogP contribution in [0, 0.1) is 6.92 Å². The van der Waals surface area contributed by atoms with Gasteiger partial charge in [-0.1, -0.05) is 12.1 Å². The van der Waals surface area contributed by atoms with Crippen LogP contribution in [0.1, 0.15) is 21.9 Å². The van der Waals surface area contributed by atoms with Gasteiger partial charge in [-0.05, 0) is 37.3 Å². The van der Waals surface area contributed by atoms with Crippen molar-refractivity contribution in [2.75, 3.05) is 7.11 Å². The normalized spacial score (nSPS) is 11.1. The van der Waals surface area contributed by atoms with Crippen molar-refractivity contribution in [3.05, 3.63) is 65.6 Å². The third-order valence-corrected chi connectivity index (χ3v) is 4.75. The summed E-state index contributed by atoms with van der Waals surface area (Å²) in [6, 6.07) is 15.4. The molecule has 6 nitrogen and oxygen atoms in total. The van der Waals surface area contributed by atoms with Crippen LogP contribution in [0.25, 0.3) is 21.9 Å². The molecule has 2 aromatic carbocycles. The molecular formula is C21H20N4O2. The molecule has 0 aliphatic heterocycles. The Hall–Kier alpha value is -3.41. The lowest BCUT2D eigenvalue weighted by atomic mass is 10.1. The molecule has 2 aromatic heterocycles. The average Bonchev–Trinajstić information content (AvgIpc) is 3.01. The quantitative estimate of drug-likeness (QED) is 0.606. The number of aryl methyl sites for hydroxylation is 2. The molecule has 0 fully saturated rings. The second-order valence-electron chi connectivity index (χ2n) is 6.44. The van der Waals surface area contributed by atoms with Crippen LogP contribution >= 0.6 is 0 Å². The van der Waals surface area contributed by atoms with E-state index in [2.05, 4.69) is 15.3 Å². The van der Waals surface area contributed by atoms with Gasteiger partial charge in [0.2, 0.25) is 0 Å². The van der Waals surface area contributed by atoms with Gasteiger partial charge in [0.1, 0.15) is 11.6 Å². The molecule has 1 N–H and O–H groups in total. The van der Waals surface area contributed by atoms with Crippen molar-refractivity contribution in [1.82, 2.24) is 19.9 Å². The van der Waals surface area contributed by atoms with E-state index in [0.717, 1.165) is 33.5 Å². The Morgan fingerprint density at radius 2 is 1.93 bits per heavy atom. The van der Waals surface area contributed by atoms with Gasteiger partial charge in [0.15, 0.2) is 0 Å². The largest absolute Gasteiger partial charge is 0.497 e. The number of ether oxygens (including phenoxy) is 1. The van der Waals surface area contributed by atoms with Crippen LogP contribution in [0.15, 0.2) is 48.5 Å². The number of hydrogen-bond donors (Lipinski definition) is 1. The van der Waals surface area contributed by atoms with Gasteiger partial charge in [-0.2, -0.15) is 0 Å². The second-order valence-corrected chi connectivity index (χ2v) is 6.44. The van der Waals surface area contributed by atoms with Gasteiger partial charge in [0.05, 0.1) is 41.5 Å². The summed E-state index contributed by atoms with van der Waals surface area (Å²) in [5, 5.41) is 3.86. The van der Waals surface area contributed by atoms with E-state index in [1.165, 1.54) is 0 Å². The molecule has 2 heterocycles. The fraction of sp³-hybridized carbons (Fsp3) is 0.190. The number of hydrogen-bond acceptors (Lipinski definition) is 4. The minimum atomic E-state index is -0.162. The summed E-state index contributed by atoms with van der Waals surface area (Å²) < 4.78 is 7.23. The maximum Gasteiger partial charge on any atom is 0.253 e. The van der Waals surface area contributed by atoms with Crippen LogP contribution in [-0.4, -0.2) is 27.6 Å². The molecule has 0 atom stereocenters. The first-order chi connectivity index (χ1) is 13.1. The summed E-state index contributed by atoms with van der Waals surface area (Å²) >= 11 is 0. The van der Waals surface area contributed by atoms with E-state index in [4.69, 9.17) is 4.74 Å².